The van der Waals surface area contributed by atoms with Crippen LogP contribution >= 0.6 is 0 Å². The van der Waals surface area contributed by atoms with Gasteiger partial charge in [0.05, 0.1) is 0 Å². The van der Waals surface area contributed by atoms with E-state index in [9.17, 15) is 0 Å². The van der Waals surface area contributed by atoms with Crippen LogP contribution in [0.1, 0.15) is 0 Å². The number of para-hydroxylation sites is 4. The van der Waals surface area contributed by atoms with Gasteiger partial charge in [-0.3, -0.25) is 0 Å². The normalized spacial score (nSPS) is 14.0. The van der Waals surface area contributed by atoms with E-state index in [2.05, 4.69) is 287 Å². The van der Waals surface area contributed by atoms with E-state index < -0.39 is 16.1 Å². The lowest BCUT2D eigenvalue weighted by Gasteiger charge is -2.45. The molecule has 0 atom stereocenters. The Labute approximate surface area is 403 Å². The lowest BCUT2D eigenvalue weighted by molar-refractivity contribution is 0.584. The third-order valence-electron chi connectivity index (χ3n) is 14.2. The van der Waals surface area contributed by atoms with Crippen LogP contribution in [0.2, 0.25) is 0 Å². The van der Waals surface area contributed by atoms with E-state index in [0.717, 1.165) is 22.5 Å². The largest absolute Gasteiger partial charge is 0.416 e. The van der Waals surface area contributed by atoms with E-state index in [1.807, 2.05) is 0 Å². The molecule has 0 aliphatic carbocycles. The molecule has 2 aliphatic rings. The summed E-state index contributed by atoms with van der Waals surface area (Å²) in [5.74, 6) is 0.948. The molecule has 11 aromatic rings. The zero-order valence-corrected chi connectivity index (χ0v) is 39.6. The van der Waals surface area contributed by atoms with Crippen LogP contribution in [0.5, 0.6) is 0 Å². The van der Waals surface area contributed by atoms with Gasteiger partial charge in [0.25, 0.3) is 0 Å². The van der Waals surface area contributed by atoms with Crippen molar-refractivity contribution in [3.05, 3.63) is 267 Å². The number of hydrogen-bond donors (Lipinski definition) is 0. The molecule has 13 rings (SSSR count). The SMILES string of the molecule is c1ccc([Si]2(c3ccccc3)c3ccccc3N(c3ccc(-c4nnc(-c5ccc(N6c7ccccc7[Si](c7ccccc7)(c7ccccc7)c7ccccc76)cc5)o4)cc3)c3ccccc32)cc1. The smallest absolute Gasteiger partial charge is 0.248 e. The Balaban J connectivity index is 0.837. The third kappa shape index (κ3) is 6.28. The zero-order valence-electron chi connectivity index (χ0n) is 37.6. The molecular formula is C62H44N4OSi2. The molecule has 3 heterocycles. The maximum absolute atomic E-state index is 6.46. The van der Waals surface area contributed by atoms with Gasteiger partial charge in [0, 0.05) is 45.3 Å². The van der Waals surface area contributed by atoms with Gasteiger partial charge < -0.3 is 14.2 Å². The molecule has 0 fully saturated rings. The Morgan fingerprint density at radius 3 is 0.783 bits per heavy atom. The predicted octanol–water partition coefficient (Wildman–Crippen LogP) is 9.72. The van der Waals surface area contributed by atoms with Crippen LogP contribution in [-0.2, 0) is 0 Å². The Morgan fingerprint density at radius 1 is 0.261 bits per heavy atom. The highest BCUT2D eigenvalue weighted by Gasteiger charge is 2.50. The maximum Gasteiger partial charge on any atom is 0.248 e. The predicted molar refractivity (Wildman–Crippen MR) is 289 cm³/mol. The highest BCUT2D eigenvalue weighted by molar-refractivity contribution is 7.22. The number of hydrogen-bond acceptors (Lipinski definition) is 5. The summed E-state index contributed by atoms with van der Waals surface area (Å²) < 4.78 is 6.46. The average molecular weight is 917 g/mol. The Morgan fingerprint density at radius 2 is 0.507 bits per heavy atom. The topological polar surface area (TPSA) is 45.4 Å². The van der Waals surface area contributed by atoms with E-state index in [1.54, 1.807) is 0 Å². The molecule has 69 heavy (non-hydrogen) atoms. The fraction of sp³-hybridized carbons (Fsp3) is 0. The first-order chi connectivity index (χ1) is 34.2. The molecule has 0 bridgehead atoms. The minimum atomic E-state index is -2.70. The first-order valence-electron chi connectivity index (χ1n) is 23.5. The minimum Gasteiger partial charge on any atom is -0.416 e. The van der Waals surface area contributed by atoms with Crippen LogP contribution in [-0.4, -0.2) is 26.3 Å². The zero-order chi connectivity index (χ0) is 45.8. The Bertz CT molecular complexity index is 3210. The Kier molecular flexibility index (Phi) is 9.78. The van der Waals surface area contributed by atoms with Crippen molar-refractivity contribution in [2.75, 3.05) is 9.80 Å². The van der Waals surface area contributed by atoms with E-state index in [1.165, 1.54) is 64.2 Å². The summed E-state index contributed by atoms with van der Waals surface area (Å²) in [6.07, 6.45) is 0. The highest BCUT2D eigenvalue weighted by Crippen LogP contribution is 2.41. The van der Waals surface area contributed by atoms with E-state index >= 15 is 0 Å². The second-order valence-corrected chi connectivity index (χ2v) is 25.2. The molecule has 0 saturated carbocycles. The number of aromatic nitrogens is 2. The van der Waals surface area contributed by atoms with Crippen molar-refractivity contribution in [3.8, 4) is 22.9 Å². The molecule has 5 nitrogen and oxygen atoms in total. The molecule has 1 aromatic heterocycles. The standard InChI is InChI=1S/C62H44N4OSi2/c1-5-21-49(22-6-1)68(50-23-7-2-8-24-50)57-33-17-13-29-53(57)65(54-30-14-18-34-58(54)68)47-41-37-45(38-42-47)61-63-64-62(67-61)46-39-43-48(44-40-46)66-55-31-15-19-35-59(55)69(51-25-9-3-10-26-51,52-27-11-4-12-28-52)60-36-20-16-32-56(60)66/h1-44H. The molecule has 0 unspecified atom stereocenters. The van der Waals surface area contributed by atoms with Crippen LogP contribution in [0.4, 0.5) is 34.1 Å². The van der Waals surface area contributed by atoms with Crippen LogP contribution in [0, 0.1) is 0 Å². The van der Waals surface area contributed by atoms with Crippen molar-refractivity contribution in [1.82, 2.24) is 10.2 Å². The van der Waals surface area contributed by atoms with E-state index in [0.29, 0.717) is 11.8 Å². The van der Waals surface area contributed by atoms with Crippen LogP contribution < -0.4 is 51.3 Å². The number of rotatable bonds is 8. The number of nitrogens with zero attached hydrogens (tertiary/aromatic N) is 4. The average Bonchev–Trinajstić information content (AvgIpc) is 3.94. The van der Waals surface area contributed by atoms with Crippen molar-refractivity contribution in [1.29, 1.82) is 0 Å². The third-order valence-corrected chi connectivity index (χ3v) is 23.9. The molecule has 0 spiro atoms. The van der Waals surface area contributed by atoms with Crippen molar-refractivity contribution in [3.63, 3.8) is 0 Å². The van der Waals surface area contributed by atoms with E-state index in [4.69, 9.17) is 4.42 Å². The second-order valence-electron chi connectivity index (χ2n) is 17.7. The van der Waals surface area contributed by atoms with Crippen molar-refractivity contribution in [2.45, 2.75) is 0 Å². The van der Waals surface area contributed by atoms with Gasteiger partial charge in [-0.15, -0.1) is 10.2 Å². The van der Waals surface area contributed by atoms with Crippen molar-refractivity contribution in [2.24, 2.45) is 0 Å². The molecule has 0 amide bonds. The second kappa shape index (κ2) is 16.6. The van der Waals surface area contributed by atoms with Gasteiger partial charge in [0.1, 0.15) is 0 Å². The molecule has 0 N–H and O–H groups in total. The van der Waals surface area contributed by atoms with Crippen LogP contribution in [0.25, 0.3) is 22.9 Å². The molecule has 0 saturated heterocycles. The number of benzene rings is 10. The summed E-state index contributed by atoms with van der Waals surface area (Å²) in [5, 5.41) is 20.1. The van der Waals surface area contributed by atoms with Gasteiger partial charge in [-0.1, -0.05) is 194 Å². The van der Waals surface area contributed by atoms with E-state index in [-0.39, 0.29) is 0 Å². The van der Waals surface area contributed by atoms with Gasteiger partial charge in [-0.25, -0.2) is 0 Å². The molecule has 7 heteroatoms. The van der Waals surface area contributed by atoms with Crippen molar-refractivity contribution < 1.29 is 4.42 Å². The Hall–Kier alpha value is -8.63. The molecular weight excluding hydrogens is 873 g/mol. The van der Waals surface area contributed by atoms with Gasteiger partial charge >= 0.3 is 0 Å². The molecule has 10 aromatic carbocycles. The van der Waals surface area contributed by atoms with Crippen molar-refractivity contribution >= 4 is 91.8 Å². The van der Waals surface area contributed by atoms with Crippen LogP contribution in [0.15, 0.2) is 271 Å². The van der Waals surface area contributed by atoms with Gasteiger partial charge in [-0.2, -0.15) is 0 Å². The first kappa shape index (κ1) is 40.6. The van der Waals surface area contributed by atoms with Crippen LogP contribution in [0.3, 0.4) is 0 Å². The highest BCUT2D eigenvalue weighted by atomic mass is 28.3. The quantitative estimate of drug-likeness (QED) is 0.142. The summed E-state index contributed by atoms with van der Waals surface area (Å²) in [4.78, 5) is 4.83. The summed E-state index contributed by atoms with van der Waals surface area (Å²) in [7, 11) is -5.39. The fourth-order valence-corrected chi connectivity index (χ4v) is 21.5. The van der Waals surface area contributed by atoms with Gasteiger partial charge in [0.15, 0.2) is 16.1 Å². The lowest BCUT2D eigenvalue weighted by Crippen LogP contribution is -2.77. The molecule has 2 aliphatic heterocycles. The van der Waals surface area contributed by atoms with Gasteiger partial charge in [-0.05, 0) is 114 Å². The van der Waals surface area contributed by atoms with Gasteiger partial charge in [0.2, 0.25) is 11.8 Å². The minimum absolute atomic E-state index is 0.474. The number of anilines is 6. The fourth-order valence-electron chi connectivity index (χ4n) is 11.3. The summed E-state index contributed by atoms with van der Waals surface area (Å²) in [5.41, 5.74) is 8.60. The maximum atomic E-state index is 6.46. The monoisotopic (exact) mass is 916 g/mol. The summed E-state index contributed by atoms with van der Waals surface area (Å²) in [6.45, 7) is 0. The lowest BCUT2D eigenvalue weighted by atomic mass is 10.1. The molecule has 0 radical (unpaired) electrons. The summed E-state index contributed by atoms with van der Waals surface area (Å²) >= 11 is 0. The molecule has 326 valence electrons. The first-order valence-corrected chi connectivity index (χ1v) is 27.5. The number of fused-ring (bicyclic) bond motifs is 4. The summed E-state index contributed by atoms with van der Waals surface area (Å²) in [6, 6.07) is 97.4.